The van der Waals surface area contributed by atoms with Crippen LogP contribution in [0.25, 0.3) is 0 Å². The average Bonchev–Trinajstić information content (AvgIpc) is 3.30. The van der Waals surface area contributed by atoms with Crippen molar-refractivity contribution in [1.82, 2.24) is 0 Å². The molecule has 0 unspecified atom stereocenters. The molecule has 0 aromatic rings. The summed E-state index contributed by atoms with van der Waals surface area (Å²) < 4.78 is 59.8. The maximum atomic E-state index is 11.7. The van der Waals surface area contributed by atoms with Crippen molar-refractivity contribution in [2.24, 2.45) is 0 Å². The second kappa shape index (κ2) is 26.5. The number of hydrogen-bond donors (Lipinski definition) is 13. The number of carboxylic acid groups (broad SMARTS) is 1. The van der Waals surface area contributed by atoms with Gasteiger partial charge in [0.25, 0.3) is 0 Å². The molecular formula is C44H78O24. The van der Waals surface area contributed by atoms with Crippen molar-refractivity contribution in [2.75, 3.05) is 6.61 Å². The first-order valence-electron chi connectivity index (χ1n) is 24.1. The van der Waals surface area contributed by atoms with E-state index in [0.29, 0.717) is 25.7 Å². The highest BCUT2D eigenvalue weighted by Crippen LogP contribution is 2.36. The monoisotopic (exact) mass is 990 g/mol. The van der Waals surface area contributed by atoms with Gasteiger partial charge in [0.05, 0.1) is 37.1 Å². The van der Waals surface area contributed by atoms with E-state index in [1.807, 2.05) is 6.92 Å². The topological polar surface area (TPSA) is 372 Å². The van der Waals surface area contributed by atoms with Crippen LogP contribution in [0.2, 0.25) is 0 Å². The third-order valence-electron chi connectivity index (χ3n) is 13.5. The maximum absolute atomic E-state index is 11.7. The zero-order chi connectivity index (χ0) is 50.1. The lowest BCUT2D eigenvalue weighted by molar-refractivity contribution is -0.398. The molecule has 24 nitrogen and oxygen atoms in total. The molecule has 0 spiro atoms. The molecule has 26 atom stereocenters. The average molecular weight is 991 g/mol. The predicted octanol–water partition coefficient (Wildman–Crippen LogP) is -3.03. The summed E-state index contributed by atoms with van der Waals surface area (Å²) in [4.78, 5) is 10.8. The molecule has 68 heavy (non-hydrogen) atoms. The van der Waals surface area contributed by atoms with Crippen LogP contribution in [0.15, 0.2) is 0 Å². The smallest absolute Gasteiger partial charge is 0.303 e. The summed E-state index contributed by atoms with van der Waals surface area (Å²) in [6.45, 7) is 7.02. The van der Waals surface area contributed by atoms with Crippen LogP contribution in [0.4, 0.5) is 0 Å². The molecule has 0 aromatic heterocycles. The van der Waals surface area contributed by atoms with Gasteiger partial charge >= 0.3 is 5.97 Å². The lowest BCUT2D eigenvalue weighted by atomic mass is 9.96. The highest BCUT2D eigenvalue weighted by Gasteiger charge is 2.55. The standard InChI is InChI=1S/C44H78O24/c1-6-14-22(15-12-10-8-7-9-11-13-16-24(45)46)64-43-38(33(55)28(50)21(5)63-43)68-44-39(67-41-36(58)31(53)26(48)19(3)61-41)34(56)29(51)23(65-44)17-59-42-37(32(54)27(49)20(4)62-42)66-40-35(57)30(52)25(47)18(2)60-40/h18-23,25-44,47-58H,6-17H2,1-5H3,(H,45,46)/t18-,19-,20+,21+,22-,23-,25-,26-,27+,28+,29-,30+,31+,32-,33-,34+,35+,36+,37+,38+,39-,40-,41-,42+,43-,44+/m0/s1. The molecule has 0 radical (unpaired) electrons. The lowest BCUT2D eigenvalue weighted by Crippen LogP contribution is -2.67. The van der Waals surface area contributed by atoms with Crippen LogP contribution in [0.5, 0.6) is 0 Å². The number of rotatable bonds is 23. The number of hydrogen-bond acceptors (Lipinski definition) is 23. The van der Waals surface area contributed by atoms with Crippen LogP contribution < -0.4 is 0 Å². The molecule has 5 aliphatic rings. The van der Waals surface area contributed by atoms with E-state index in [-0.39, 0.29) is 6.42 Å². The van der Waals surface area contributed by atoms with Crippen molar-refractivity contribution in [1.29, 1.82) is 0 Å². The van der Waals surface area contributed by atoms with E-state index in [1.165, 1.54) is 27.7 Å². The molecule has 0 aliphatic carbocycles. The minimum absolute atomic E-state index is 0.146. The molecule has 0 aromatic carbocycles. The van der Waals surface area contributed by atoms with Crippen molar-refractivity contribution >= 4 is 5.97 Å². The fourth-order valence-corrected chi connectivity index (χ4v) is 9.07. The Labute approximate surface area is 395 Å². The van der Waals surface area contributed by atoms with Crippen molar-refractivity contribution in [3.8, 4) is 0 Å². The van der Waals surface area contributed by atoms with Gasteiger partial charge in [-0.25, -0.2) is 0 Å². The zero-order valence-corrected chi connectivity index (χ0v) is 39.3. The number of ether oxygens (including phenoxy) is 10. The van der Waals surface area contributed by atoms with Crippen LogP contribution in [-0.4, -0.2) is 239 Å². The summed E-state index contributed by atoms with van der Waals surface area (Å²) in [7, 11) is 0. The molecule has 398 valence electrons. The molecule has 5 rings (SSSR count). The minimum atomic E-state index is -1.99. The Hall–Kier alpha value is -1.41. The number of carboxylic acids is 1. The Bertz CT molecular complexity index is 1490. The maximum Gasteiger partial charge on any atom is 0.303 e. The van der Waals surface area contributed by atoms with Gasteiger partial charge in [-0.3, -0.25) is 4.79 Å². The third-order valence-corrected chi connectivity index (χ3v) is 13.5. The molecule has 0 bridgehead atoms. The molecule has 5 fully saturated rings. The Morgan fingerprint density at radius 1 is 0.441 bits per heavy atom. The summed E-state index contributed by atoms with van der Waals surface area (Å²) in [5, 5.41) is 140. The minimum Gasteiger partial charge on any atom is -0.481 e. The van der Waals surface area contributed by atoms with Crippen LogP contribution in [0, 0.1) is 0 Å². The number of aliphatic carboxylic acids is 1. The number of aliphatic hydroxyl groups is 12. The first kappa shape index (κ1) is 57.5. The molecule has 5 saturated heterocycles. The van der Waals surface area contributed by atoms with Gasteiger partial charge in [0.2, 0.25) is 0 Å². The highest BCUT2D eigenvalue weighted by atomic mass is 16.8. The summed E-state index contributed by atoms with van der Waals surface area (Å²) in [5.41, 5.74) is 0. The predicted molar refractivity (Wildman–Crippen MR) is 228 cm³/mol. The molecule has 24 heteroatoms. The first-order valence-corrected chi connectivity index (χ1v) is 24.1. The quantitative estimate of drug-likeness (QED) is 0.0453. The van der Waals surface area contributed by atoms with Gasteiger partial charge in [-0.2, -0.15) is 0 Å². The second-order valence-electron chi connectivity index (χ2n) is 18.9. The number of unbranched alkanes of at least 4 members (excludes halogenated alkanes) is 6. The fourth-order valence-electron chi connectivity index (χ4n) is 9.07. The van der Waals surface area contributed by atoms with Gasteiger partial charge in [-0.05, 0) is 47.0 Å². The summed E-state index contributed by atoms with van der Waals surface area (Å²) in [6, 6.07) is 0. The molecule has 13 N–H and O–H groups in total. The zero-order valence-electron chi connectivity index (χ0n) is 39.3. The van der Waals surface area contributed by atoms with E-state index in [4.69, 9.17) is 52.5 Å². The van der Waals surface area contributed by atoms with Gasteiger partial charge in [0.15, 0.2) is 31.5 Å². The van der Waals surface area contributed by atoms with Crippen molar-refractivity contribution in [3.63, 3.8) is 0 Å². The van der Waals surface area contributed by atoms with E-state index < -0.39 is 172 Å². The molecule has 0 amide bonds. The second-order valence-corrected chi connectivity index (χ2v) is 18.9. The van der Waals surface area contributed by atoms with Crippen LogP contribution in [-0.2, 0) is 52.2 Å². The van der Waals surface area contributed by atoms with Gasteiger partial charge in [0, 0.05) is 6.42 Å². The Balaban J connectivity index is 1.35. The lowest BCUT2D eigenvalue weighted by Gasteiger charge is -2.49. The number of carbonyl (C=O) groups is 1. The van der Waals surface area contributed by atoms with Crippen molar-refractivity contribution in [3.05, 3.63) is 0 Å². The Kier molecular flexibility index (Phi) is 22.4. The van der Waals surface area contributed by atoms with E-state index in [0.717, 1.165) is 38.5 Å². The Morgan fingerprint density at radius 3 is 1.34 bits per heavy atom. The molecular weight excluding hydrogens is 912 g/mol. The Morgan fingerprint density at radius 2 is 0.838 bits per heavy atom. The normalized spacial score (nSPS) is 46.3. The van der Waals surface area contributed by atoms with Crippen LogP contribution in [0.3, 0.4) is 0 Å². The van der Waals surface area contributed by atoms with E-state index in [9.17, 15) is 66.1 Å². The summed E-state index contributed by atoms with van der Waals surface area (Å²) >= 11 is 0. The largest absolute Gasteiger partial charge is 0.481 e. The van der Waals surface area contributed by atoms with Crippen LogP contribution in [0.1, 0.15) is 105 Å². The molecule has 5 aliphatic heterocycles. The van der Waals surface area contributed by atoms with E-state index in [2.05, 4.69) is 0 Å². The highest BCUT2D eigenvalue weighted by molar-refractivity contribution is 5.66. The van der Waals surface area contributed by atoms with Gasteiger partial charge < -0.3 is 114 Å². The van der Waals surface area contributed by atoms with Gasteiger partial charge in [-0.15, -0.1) is 0 Å². The molecule has 0 saturated carbocycles. The fraction of sp³-hybridized carbons (Fsp3) is 0.977. The van der Waals surface area contributed by atoms with Crippen LogP contribution >= 0.6 is 0 Å². The summed E-state index contributed by atoms with van der Waals surface area (Å²) in [6.07, 6.45) is -32.0. The SMILES string of the molecule is CCC[C@@H](CCCCCCCCCC(=O)O)O[C@@H]1O[C@H](C)[C@@H](O)[C@H](O)[C@H]1O[C@H]1O[C@@H](CO[C@@H]2O[C@H](C)[C@@H](O)[C@H](O)[C@H]2O[C@@H]2O[C@@H](C)[C@H](O)[C@@H](O)[C@H]2O)[C@H](O)[C@@H](O)[C@@H]1O[C@@H]1O[C@@H](C)[C@H](O)[C@@H](O)[C@H]1O. The number of aliphatic hydroxyl groups excluding tert-OH is 12. The molecule has 5 heterocycles. The van der Waals surface area contributed by atoms with Gasteiger partial charge in [0.1, 0.15) is 97.7 Å². The summed E-state index contributed by atoms with van der Waals surface area (Å²) in [5.74, 6) is -0.810. The van der Waals surface area contributed by atoms with Crippen molar-refractivity contribution in [2.45, 2.75) is 265 Å². The van der Waals surface area contributed by atoms with Crippen molar-refractivity contribution < 1.29 is 119 Å². The van der Waals surface area contributed by atoms with Gasteiger partial charge in [-0.1, -0.05) is 51.9 Å². The van der Waals surface area contributed by atoms with E-state index >= 15 is 0 Å². The third kappa shape index (κ3) is 14.4. The van der Waals surface area contributed by atoms with E-state index in [1.54, 1.807) is 0 Å². The first-order chi connectivity index (χ1) is 32.2.